The third-order valence-electron chi connectivity index (χ3n) is 3.29. The van der Waals surface area contributed by atoms with Gasteiger partial charge in [0.15, 0.2) is 6.23 Å². The van der Waals surface area contributed by atoms with E-state index in [0.29, 0.717) is 5.57 Å². The van der Waals surface area contributed by atoms with Crippen LogP contribution in [-0.4, -0.2) is 50.9 Å². The van der Waals surface area contributed by atoms with Gasteiger partial charge in [-0.25, -0.2) is 0 Å². The lowest BCUT2D eigenvalue weighted by Crippen LogP contribution is -2.50. The lowest BCUT2D eigenvalue weighted by atomic mass is 9.99. The molecule has 5 nitrogen and oxygen atoms in total. The van der Waals surface area contributed by atoms with E-state index < -0.39 is 23.3 Å². The smallest absolute Gasteiger partial charge is 0.233 e. The predicted octanol–water partition coefficient (Wildman–Crippen LogP) is 0.364. The van der Waals surface area contributed by atoms with Crippen LogP contribution in [0.2, 0.25) is 0 Å². The standard InChI is InChI=1S/C12H16ClNO4/c1-7-3-4-14(9(16)5-7)11-12(2,13)10(17)8(6-15)18-11/h3-4,8,10-11,15,17H,1,5-6H2,2H3/t8-,10-,11-,12-/m1/s1. The quantitative estimate of drug-likeness (QED) is 0.713. The molecule has 1 fully saturated rings. The van der Waals surface area contributed by atoms with Crippen molar-refractivity contribution in [3.63, 3.8) is 0 Å². The lowest BCUT2D eigenvalue weighted by molar-refractivity contribution is -0.141. The molecule has 4 atom stereocenters. The molecule has 1 amide bonds. The predicted molar refractivity (Wildman–Crippen MR) is 65.8 cm³/mol. The largest absolute Gasteiger partial charge is 0.394 e. The van der Waals surface area contributed by atoms with Gasteiger partial charge in [0.05, 0.1) is 13.0 Å². The SMILES string of the molecule is C=C1C=CN([C@@H]2O[C@H](CO)[C@@H](O)[C@@]2(C)Cl)C(=O)C1. The Morgan fingerprint density at radius 1 is 1.72 bits per heavy atom. The Kier molecular flexibility index (Phi) is 3.51. The number of rotatable bonds is 2. The molecular formula is C12H16ClNO4. The minimum atomic E-state index is -1.16. The first-order valence-corrected chi connectivity index (χ1v) is 6.06. The molecule has 2 rings (SSSR count). The van der Waals surface area contributed by atoms with E-state index in [1.807, 2.05) is 0 Å². The van der Waals surface area contributed by atoms with E-state index in [-0.39, 0.29) is 18.9 Å². The number of aliphatic hydroxyl groups excluding tert-OH is 2. The maximum absolute atomic E-state index is 11.9. The van der Waals surface area contributed by atoms with E-state index >= 15 is 0 Å². The van der Waals surface area contributed by atoms with Gasteiger partial charge in [-0.3, -0.25) is 9.69 Å². The van der Waals surface area contributed by atoms with Gasteiger partial charge in [-0.05, 0) is 18.6 Å². The minimum absolute atomic E-state index is 0.190. The van der Waals surface area contributed by atoms with Gasteiger partial charge in [-0.15, -0.1) is 11.6 Å². The van der Waals surface area contributed by atoms with Crippen LogP contribution in [0.5, 0.6) is 0 Å². The molecule has 18 heavy (non-hydrogen) atoms. The molecular weight excluding hydrogens is 258 g/mol. The fourth-order valence-electron chi connectivity index (χ4n) is 2.19. The van der Waals surface area contributed by atoms with Gasteiger partial charge in [0.2, 0.25) is 5.91 Å². The minimum Gasteiger partial charge on any atom is -0.394 e. The number of nitrogens with zero attached hydrogens (tertiary/aromatic N) is 1. The molecule has 6 heteroatoms. The van der Waals surface area contributed by atoms with Gasteiger partial charge in [0.1, 0.15) is 17.1 Å². The molecule has 0 aromatic heterocycles. The van der Waals surface area contributed by atoms with Crippen molar-refractivity contribution in [1.29, 1.82) is 0 Å². The highest BCUT2D eigenvalue weighted by atomic mass is 35.5. The molecule has 0 saturated carbocycles. The Morgan fingerprint density at radius 2 is 2.39 bits per heavy atom. The number of hydrogen-bond acceptors (Lipinski definition) is 4. The number of carbonyl (C=O) groups excluding carboxylic acids is 1. The maximum atomic E-state index is 11.9. The highest BCUT2D eigenvalue weighted by Gasteiger charge is 2.55. The van der Waals surface area contributed by atoms with Crippen molar-refractivity contribution in [2.75, 3.05) is 6.61 Å². The molecule has 2 aliphatic heterocycles. The van der Waals surface area contributed by atoms with Gasteiger partial charge < -0.3 is 14.9 Å². The number of carbonyl (C=O) groups is 1. The van der Waals surface area contributed by atoms with Crippen LogP contribution < -0.4 is 0 Å². The molecule has 0 bridgehead atoms. The number of halogens is 1. The summed E-state index contributed by atoms with van der Waals surface area (Å²) in [5.74, 6) is -0.190. The van der Waals surface area contributed by atoms with Crippen LogP contribution in [0.4, 0.5) is 0 Å². The lowest BCUT2D eigenvalue weighted by Gasteiger charge is -2.34. The van der Waals surface area contributed by atoms with E-state index in [9.17, 15) is 9.90 Å². The molecule has 0 spiro atoms. The van der Waals surface area contributed by atoms with Crippen LogP contribution in [0.25, 0.3) is 0 Å². The number of amides is 1. The zero-order chi connectivity index (χ0) is 13.5. The summed E-state index contributed by atoms with van der Waals surface area (Å²) < 4.78 is 5.48. The summed E-state index contributed by atoms with van der Waals surface area (Å²) in [5, 5.41) is 19.1. The van der Waals surface area contributed by atoms with Crippen molar-refractivity contribution in [2.45, 2.75) is 36.7 Å². The van der Waals surface area contributed by atoms with Crippen molar-refractivity contribution in [3.8, 4) is 0 Å². The zero-order valence-electron chi connectivity index (χ0n) is 10.0. The number of allylic oxidation sites excluding steroid dienone is 1. The average molecular weight is 274 g/mol. The summed E-state index contributed by atoms with van der Waals surface area (Å²) in [7, 11) is 0. The first-order valence-electron chi connectivity index (χ1n) is 5.68. The van der Waals surface area contributed by atoms with Gasteiger partial charge in [0, 0.05) is 6.20 Å². The summed E-state index contributed by atoms with van der Waals surface area (Å²) in [4.78, 5) is 12.1. The van der Waals surface area contributed by atoms with Crippen LogP contribution in [0.3, 0.4) is 0 Å². The van der Waals surface area contributed by atoms with Crippen LogP contribution >= 0.6 is 11.6 Å². The first-order chi connectivity index (χ1) is 8.37. The van der Waals surface area contributed by atoms with E-state index in [1.54, 1.807) is 19.2 Å². The molecule has 100 valence electrons. The van der Waals surface area contributed by atoms with Crippen LogP contribution in [0, 0.1) is 0 Å². The summed E-state index contributed by atoms with van der Waals surface area (Å²) in [6.07, 6.45) is 0.818. The van der Waals surface area contributed by atoms with Gasteiger partial charge in [-0.1, -0.05) is 6.58 Å². The van der Waals surface area contributed by atoms with Crippen LogP contribution in [0.15, 0.2) is 24.4 Å². The Hall–Kier alpha value is -0.880. The van der Waals surface area contributed by atoms with Crippen molar-refractivity contribution in [3.05, 3.63) is 24.4 Å². The van der Waals surface area contributed by atoms with Crippen molar-refractivity contribution >= 4 is 17.5 Å². The summed E-state index contributed by atoms with van der Waals surface area (Å²) in [6, 6.07) is 0. The highest BCUT2D eigenvalue weighted by Crippen LogP contribution is 2.39. The molecule has 0 aromatic carbocycles. The number of ether oxygens (including phenoxy) is 1. The van der Waals surface area contributed by atoms with Crippen molar-refractivity contribution in [2.24, 2.45) is 0 Å². The summed E-state index contributed by atoms with van der Waals surface area (Å²) in [5.41, 5.74) is 0.713. The molecule has 0 radical (unpaired) electrons. The average Bonchev–Trinajstić information content (AvgIpc) is 2.52. The molecule has 2 heterocycles. The Bertz CT molecular complexity index is 407. The second-order valence-corrected chi connectivity index (χ2v) is 5.57. The van der Waals surface area contributed by atoms with E-state index in [1.165, 1.54) is 4.90 Å². The number of alkyl halides is 1. The molecule has 2 N–H and O–H groups in total. The normalized spacial score (nSPS) is 40.7. The fraction of sp³-hybridized carbons (Fsp3) is 0.583. The molecule has 2 aliphatic rings. The third-order valence-corrected chi connectivity index (χ3v) is 3.70. The monoisotopic (exact) mass is 273 g/mol. The molecule has 0 aromatic rings. The van der Waals surface area contributed by atoms with Gasteiger partial charge in [-0.2, -0.15) is 0 Å². The van der Waals surface area contributed by atoms with E-state index in [2.05, 4.69) is 6.58 Å². The summed E-state index contributed by atoms with van der Waals surface area (Å²) >= 11 is 6.26. The molecule has 1 saturated heterocycles. The van der Waals surface area contributed by atoms with Gasteiger partial charge >= 0.3 is 0 Å². The van der Waals surface area contributed by atoms with Gasteiger partial charge in [0.25, 0.3) is 0 Å². The second kappa shape index (κ2) is 4.66. The third kappa shape index (κ3) is 2.07. The Morgan fingerprint density at radius 3 is 2.89 bits per heavy atom. The highest BCUT2D eigenvalue weighted by molar-refractivity contribution is 6.25. The first kappa shape index (κ1) is 13.5. The van der Waals surface area contributed by atoms with Crippen molar-refractivity contribution in [1.82, 2.24) is 4.90 Å². The van der Waals surface area contributed by atoms with E-state index in [4.69, 9.17) is 21.4 Å². The maximum Gasteiger partial charge on any atom is 0.233 e. The zero-order valence-corrected chi connectivity index (χ0v) is 10.8. The summed E-state index contributed by atoms with van der Waals surface area (Å²) in [6.45, 7) is 4.95. The fourth-order valence-corrected chi connectivity index (χ4v) is 2.48. The topological polar surface area (TPSA) is 70.0 Å². The van der Waals surface area contributed by atoms with Crippen LogP contribution in [-0.2, 0) is 9.53 Å². The van der Waals surface area contributed by atoms with E-state index in [0.717, 1.165) is 0 Å². The number of aliphatic hydroxyl groups is 2. The number of hydrogen-bond donors (Lipinski definition) is 2. The Labute approximate surface area is 110 Å². The van der Waals surface area contributed by atoms with Crippen LogP contribution in [0.1, 0.15) is 13.3 Å². The van der Waals surface area contributed by atoms with Crippen molar-refractivity contribution < 1.29 is 19.7 Å². The second-order valence-electron chi connectivity index (χ2n) is 4.76. The molecule has 0 aliphatic carbocycles. The molecule has 0 unspecified atom stereocenters. The Balaban J connectivity index is 2.26.